The summed E-state index contributed by atoms with van der Waals surface area (Å²) in [6.07, 6.45) is 13.3. The van der Waals surface area contributed by atoms with Gasteiger partial charge < -0.3 is 15.7 Å². The fraction of sp³-hybridized carbons (Fsp3) is 0.842. The standard InChI is InChI=1S/C19H33N3O2/c23-18-8-4-3-7-17(18)22-13-10-16(11-14-22)21-19(24)20-12-9-15-5-1-2-6-15/h5,16-18,23H,1-4,6-14H2,(H2,20,21,24). The van der Waals surface area contributed by atoms with Crippen LogP contribution in [0.2, 0.25) is 0 Å². The molecule has 3 N–H and O–H groups in total. The Morgan fingerprint density at radius 1 is 1.17 bits per heavy atom. The van der Waals surface area contributed by atoms with E-state index in [4.69, 9.17) is 0 Å². The maximum atomic E-state index is 12.0. The average molecular weight is 335 g/mol. The van der Waals surface area contributed by atoms with Gasteiger partial charge in [0.15, 0.2) is 0 Å². The van der Waals surface area contributed by atoms with Gasteiger partial charge in [-0.2, -0.15) is 0 Å². The largest absolute Gasteiger partial charge is 0.391 e. The van der Waals surface area contributed by atoms with Crippen LogP contribution in [0.4, 0.5) is 4.79 Å². The molecule has 0 radical (unpaired) electrons. The predicted molar refractivity (Wildman–Crippen MR) is 95.9 cm³/mol. The Hall–Kier alpha value is -1.07. The number of carbonyl (C=O) groups is 1. The first kappa shape index (κ1) is 17.7. The molecule has 0 spiro atoms. The van der Waals surface area contributed by atoms with Crippen molar-refractivity contribution < 1.29 is 9.90 Å². The predicted octanol–water partition coefficient (Wildman–Crippen LogP) is 2.55. The van der Waals surface area contributed by atoms with Gasteiger partial charge in [0.2, 0.25) is 0 Å². The number of urea groups is 1. The summed E-state index contributed by atoms with van der Waals surface area (Å²) in [6, 6.07) is 0.589. The number of carbonyl (C=O) groups excluding carboxylic acids is 1. The smallest absolute Gasteiger partial charge is 0.315 e. The molecule has 0 aromatic heterocycles. The number of piperidine rings is 1. The Morgan fingerprint density at radius 3 is 2.67 bits per heavy atom. The van der Waals surface area contributed by atoms with Gasteiger partial charge in [-0.05, 0) is 51.4 Å². The summed E-state index contributed by atoms with van der Waals surface area (Å²) in [5, 5.41) is 16.3. The number of aliphatic hydroxyl groups is 1. The maximum Gasteiger partial charge on any atom is 0.315 e. The van der Waals surface area contributed by atoms with E-state index in [1.54, 1.807) is 0 Å². The Bertz CT molecular complexity index is 444. The molecule has 0 aromatic rings. The van der Waals surface area contributed by atoms with Crippen molar-refractivity contribution in [3.63, 3.8) is 0 Å². The number of nitrogens with zero attached hydrogens (tertiary/aromatic N) is 1. The quantitative estimate of drug-likeness (QED) is 0.677. The van der Waals surface area contributed by atoms with E-state index in [2.05, 4.69) is 21.6 Å². The zero-order chi connectivity index (χ0) is 16.8. The number of aliphatic hydroxyl groups excluding tert-OH is 1. The van der Waals surface area contributed by atoms with Crippen LogP contribution in [0.15, 0.2) is 11.6 Å². The highest BCUT2D eigenvalue weighted by molar-refractivity contribution is 5.74. The number of allylic oxidation sites excluding steroid dienone is 1. The molecule has 2 fully saturated rings. The van der Waals surface area contributed by atoms with Gasteiger partial charge in [-0.1, -0.05) is 24.5 Å². The second kappa shape index (κ2) is 8.86. The van der Waals surface area contributed by atoms with Crippen LogP contribution in [0.3, 0.4) is 0 Å². The first-order valence-electron chi connectivity index (χ1n) is 9.87. The first-order chi connectivity index (χ1) is 11.7. The lowest BCUT2D eigenvalue weighted by atomic mass is 9.89. The fourth-order valence-electron chi connectivity index (χ4n) is 4.43. The second-order valence-electron chi connectivity index (χ2n) is 7.63. The highest BCUT2D eigenvalue weighted by Gasteiger charge is 2.31. The normalized spacial score (nSPS) is 29.3. The van der Waals surface area contributed by atoms with E-state index >= 15 is 0 Å². The van der Waals surface area contributed by atoms with E-state index in [0.29, 0.717) is 6.04 Å². The molecule has 1 saturated heterocycles. The molecule has 136 valence electrons. The van der Waals surface area contributed by atoms with E-state index < -0.39 is 0 Å². The Balaban J connectivity index is 1.32. The van der Waals surface area contributed by atoms with Crippen molar-refractivity contribution in [2.24, 2.45) is 0 Å². The van der Waals surface area contributed by atoms with E-state index in [0.717, 1.165) is 58.2 Å². The number of rotatable bonds is 5. The molecular formula is C19H33N3O2. The third kappa shape index (κ3) is 4.96. The van der Waals surface area contributed by atoms with Crippen molar-refractivity contribution in [3.05, 3.63) is 11.6 Å². The Morgan fingerprint density at radius 2 is 1.96 bits per heavy atom. The van der Waals surface area contributed by atoms with Crippen LogP contribution >= 0.6 is 0 Å². The first-order valence-corrected chi connectivity index (χ1v) is 9.87. The summed E-state index contributed by atoms with van der Waals surface area (Å²) in [6.45, 7) is 2.71. The number of nitrogens with one attached hydrogen (secondary N) is 2. The lowest BCUT2D eigenvalue weighted by Gasteiger charge is -2.41. The number of amides is 2. The molecule has 1 saturated carbocycles. The molecule has 2 atom stereocenters. The molecule has 2 unspecified atom stereocenters. The minimum absolute atomic E-state index is 0.0234. The highest BCUT2D eigenvalue weighted by atomic mass is 16.3. The molecule has 1 heterocycles. The minimum Gasteiger partial charge on any atom is -0.391 e. The monoisotopic (exact) mass is 335 g/mol. The van der Waals surface area contributed by atoms with Gasteiger partial charge in [0.05, 0.1) is 6.10 Å². The molecule has 3 aliphatic rings. The lowest BCUT2D eigenvalue weighted by Crippen LogP contribution is -2.53. The van der Waals surface area contributed by atoms with Crippen LogP contribution in [-0.2, 0) is 0 Å². The van der Waals surface area contributed by atoms with Gasteiger partial charge in [0, 0.05) is 31.7 Å². The molecule has 0 aromatic carbocycles. The number of hydrogen-bond acceptors (Lipinski definition) is 3. The van der Waals surface area contributed by atoms with Gasteiger partial charge >= 0.3 is 6.03 Å². The summed E-state index contributed by atoms with van der Waals surface area (Å²) < 4.78 is 0. The molecule has 1 aliphatic heterocycles. The lowest BCUT2D eigenvalue weighted by molar-refractivity contribution is 0.00777. The fourth-order valence-corrected chi connectivity index (χ4v) is 4.43. The highest BCUT2D eigenvalue weighted by Crippen LogP contribution is 2.26. The van der Waals surface area contributed by atoms with E-state index in [9.17, 15) is 9.90 Å². The van der Waals surface area contributed by atoms with Crippen molar-refractivity contribution in [1.29, 1.82) is 0 Å². The van der Waals surface area contributed by atoms with Crippen LogP contribution in [0, 0.1) is 0 Å². The summed E-state index contributed by atoms with van der Waals surface area (Å²) in [5.41, 5.74) is 1.50. The molecule has 5 heteroatoms. The summed E-state index contributed by atoms with van der Waals surface area (Å²) >= 11 is 0. The van der Waals surface area contributed by atoms with Crippen molar-refractivity contribution in [2.45, 2.75) is 82.4 Å². The maximum absolute atomic E-state index is 12.0. The SMILES string of the molecule is O=C(NCCC1=CCCC1)NC1CCN(C2CCCCC2O)CC1. The summed E-state index contributed by atoms with van der Waals surface area (Å²) in [7, 11) is 0. The minimum atomic E-state index is -0.156. The van der Waals surface area contributed by atoms with Gasteiger partial charge in [-0.25, -0.2) is 4.79 Å². The van der Waals surface area contributed by atoms with Gasteiger partial charge in [0.1, 0.15) is 0 Å². The van der Waals surface area contributed by atoms with Crippen LogP contribution in [0.25, 0.3) is 0 Å². The van der Waals surface area contributed by atoms with E-state index in [-0.39, 0.29) is 18.2 Å². The molecule has 2 aliphatic carbocycles. The number of hydrogen-bond donors (Lipinski definition) is 3. The van der Waals surface area contributed by atoms with Crippen LogP contribution in [0.1, 0.15) is 64.2 Å². The number of likely N-dealkylation sites (tertiary alicyclic amines) is 1. The molecular weight excluding hydrogens is 302 g/mol. The third-order valence-electron chi connectivity index (χ3n) is 5.89. The van der Waals surface area contributed by atoms with Crippen LogP contribution in [-0.4, -0.2) is 53.9 Å². The Labute approximate surface area is 145 Å². The summed E-state index contributed by atoms with van der Waals surface area (Å²) in [4.78, 5) is 14.5. The second-order valence-corrected chi connectivity index (χ2v) is 7.63. The molecule has 2 amide bonds. The zero-order valence-corrected chi connectivity index (χ0v) is 14.8. The van der Waals surface area contributed by atoms with Crippen molar-refractivity contribution in [2.75, 3.05) is 19.6 Å². The van der Waals surface area contributed by atoms with E-state index in [1.165, 1.54) is 31.3 Å². The topological polar surface area (TPSA) is 64.6 Å². The molecule has 5 nitrogen and oxygen atoms in total. The molecule has 3 rings (SSSR count). The van der Waals surface area contributed by atoms with E-state index in [1.807, 2.05) is 0 Å². The average Bonchev–Trinajstić information content (AvgIpc) is 3.10. The third-order valence-corrected chi connectivity index (χ3v) is 5.89. The molecule has 0 bridgehead atoms. The Kier molecular flexibility index (Phi) is 6.55. The van der Waals surface area contributed by atoms with Crippen molar-refractivity contribution >= 4 is 6.03 Å². The van der Waals surface area contributed by atoms with Gasteiger partial charge in [-0.15, -0.1) is 0 Å². The van der Waals surface area contributed by atoms with Gasteiger partial charge in [-0.3, -0.25) is 4.90 Å². The summed E-state index contributed by atoms with van der Waals surface area (Å²) in [5.74, 6) is 0. The van der Waals surface area contributed by atoms with Crippen LogP contribution in [0.5, 0.6) is 0 Å². The zero-order valence-electron chi connectivity index (χ0n) is 14.8. The van der Waals surface area contributed by atoms with Crippen molar-refractivity contribution in [3.8, 4) is 0 Å². The van der Waals surface area contributed by atoms with Crippen LogP contribution < -0.4 is 10.6 Å². The van der Waals surface area contributed by atoms with Crippen molar-refractivity contribution in [1.82, 2.24) is 15.5 Å². The van der Waals surface area contributed by atoms with Gasteiger partial charge in [0.25, 0.3) is 0 Å². The molecule has 24 heavy (non-hydrogen) atoms.